The molecule has 0 saturated carbocycles. The van der Waals surface area contributed by atoms with Crippen molar-refractivity contribution in [3.05, 3.63) is 48.0 Å². The third-order valence-corrected chi connectivity index (χ3v) is 2.88. The van der Waals surface area contributed by atoms with Crippen LogP contribution in [0.15, 0.2) is 42.5 Å². The smallest absolute Gasteiger partial charge is 0.253 e. The molecule has 0 aliphatic rings. The monoisotopic (exact) mass is 271 g/mol. The van der Waals surface area contributed by atoms with Crippen molar-refractivity contribution in [1.29, 1.82) is 0 Å². The Kier molecular flexibility index (Phi) is 4.10. The van der Waals surface area contributed by atoms with Crippen molar-refractivity contribution in [1.82, 2.24) is 5.32 Å². The number of methoxy groups -OCH3 is 1. The summed E-state index contributed by atoms with van der Waals surface area (Å²) in [5.41, 5.74) is 8.33. The number of amides is 1. The third kappa shape index (κ3) is 3.00. The first-order valence-corrected chi connectivity index (χ1v) is 6.16. The molecule has 0 fully saturated rings. The summed E-state index contributed by atoms with van der Waals surface area (Å²) in [6.45, 7) is 0. The zero-order valence-corrected chi connectivity index (χ0v) is 11.4. The highest BCUT2D eigenvalue weighted by molar-refractivity contribution is 6.01. The molecule has 5 heteroatoms. The molecule has 2 rings (SSSR count). The van der Waals surface area contributed by atoms with Gasteiger partial charge in [-0.3, -0.25) is 4.79 Å². The second-order valence-corrected chi connectivity index (χ2v) is 4.24. The van der Waals surface area contributed by atoms with E-state index in [-0.39, 0.29) is 5.91 Å². The second kappa shape index (κ2) is 5.97. The number of hydrogen-bond acceptors (Lipinski definition) is 4. The van der Waals surface area contributed by atoms with E-state index in [1.54, 1.807) is 32.4 Å². The second-order valence-electron chi connectivity index (χ2n) is 4.24. The van der Waals surface area contributed by atoms with Crippen LogP contribution in [0.5, 0.6) is 5.75 Å². The van der Waals surface area contributed by atoms with Gasteiger partial charge in [-0.25, -0.2) is 0 Å². The highest BCUT2D eigenvalue weighted by atomic mass is 16.5. The fourth-order valence-electron chi connectivity index (χ4n) is 1.82. The molecule has 5 nitrogen and oxygen atoms in total. The normalized spacial score (nSPS) is 9.90. The van der Waals surface area contributed by atoms with Gasteiger partial charge >= 0.3 is 0 Å². The van der Waals surface area contributed by atoms with Crippen LogP contribution in [0.4, 0.5) is 17.1 Å². The van der Waals surface area contributed by atoms with Gasteiger partial charge in [-0.15, -0.1) is 0 Å². The number of nitrogen functional groups attached to an aromatic ring is 1. The number of anilines is 3. The lowest BCUT2D eigenvalue weighted by Crippen LogP contribution is -2.19. The molecule has 0 atom stereocenters. The molecule has 20 heavy (non-hydrogen) atoms. The van der Waals surface area contributed by atoms with Crippen LogP contribution in [-0.4, -0.2) is 20.1 Å². The lowest BCUT2D eigenvalue weighted by molar-refractivity contribution is 0.0964. The van der Waals surface area contributed by atoms with Gasteiger partial charge in [0.05, 0.1) is 18.4 Å². The van der Waals surface area contributed by atoms with Crippen LogP contribution < -0.4 is 21.1 Å². The van der Waals surface area contributed by atoms with Gasteiger partial charge in [0.25, 0.3) is 5.91 Å². The molecule has 1 amide bonds. The van der Waals surface area contributed by atoms with Gasteiger partial charge in [-0.05, 0) is 42.5 Å². The van der Waals surface area contributed by atoms with Gasteiger partial charge in [0.2, 0.25) is 0 Å². The Morgan fingerprint density at radius 3 is 2.45 bits per heavy atom. The van der Waals surface area contributed by atoms with Gasteiger partial charge in [0.1, 0.15) is 5.75 Å². The summed E-state index contributed by atoms with van der Waals surface area (Å²) >= 11 is 0. The van der Waals surface area contributed by atoms with Crippen molar-refractivity contribution >= 4 is 23.0 Å². The van der Waals surface area contributed by atoms with Crippen molar-refractivity contribution in [2.24, 2.45) is 0 Å². The van der Waals surface area contributed by atoms with Crippen LogP contribution in [-0.2, 0) is 0 Å². The first-order chi connectivity index (χ1) is 9.63. The fourth-order valence-corrected chi connectivity index (χ4v) is 1.82. The average molecular weight is 271 g/mol. The Morgan fingerprint density at radius 2 is 1.85 bits per heavy atom. The summed E-state index contributed by atoms with van der Waals surface area (Å²) in [6.07, 6.45) is 0. The van der Waals surface area contributed by atoms with E-state index in [0.717, 1.165) is 11.4 Å². The number of rotatable bonds is 4. The molecule has 0 unspecified atom stereocenters. The van der Waals surface area contributed by atoms with E-state index < -0.39 is 0 Å². The quantitative estimate of drug-likeness (QED) is 0.746. The molecule has 2 aromatic carbocycles. The van der Waals surface area contributed by atoms with E-state index in [9.17, 15) is 4.79 Å². The zero-order chi connectivity index (χ0) is 14.5. The van der Waals surface area contributed by atoms with Crippen LogP contribution >= 0.6 is 0 Å². The summed E-state index contributed by atoms with van der Waals surface area (Å²) in [4.78, 5) is 11.9. The Balaban J connectivity index is 2.30. The van der Waals surface area contributed by atoms with Crippen LogP contribution in [0.25, 0.3) is 0 Å². The van der Waals surface area contributed by atoms with Crippen LogP contribution in [0, 0.1) is 0 Å². The SMILES string of the molecule is CNC(=O)c1cc(N)ccc1Nc1ccc(OC)cc1. The van der Waals surface area contributed by atoms with E-state index in [2.05, 4.69) is 10.6 Å². The highest BCUT2D eigenvalue weighted by Gasteiger charge is 2.10. The molecule has 0 aromatic heterocycles. The number of nitrogens with two attached hydrogens (primary N) is 1. The van der Waals surface area contributed by atoms with Crippen molar-refractivity contribution in [2.45, 2.75) is 0 Å². The Hall–Kier alpha value is -2.69. The summed E-state index contributed by atoms with van der Waals surface area (Å²) in [5.74, 6) is 0.590. The van der Waals surface area contributed by atoms with Crippen LogP contribution in [0.1, 0.15) is 10.4 Å². The molecule has 0 heterocycles. The van der Waals surface area contributed by atoms with Crippen molar-refractivity contribution in [3.63, 3.8) is 0 Å². The van der Waals surface area contributed by atoms with Gasteiger partial charge < -0.3 is 21.1 Å². The maximum atomic E-state index is 11.9. The van der Waals surface area contributed by atoms with Crippen molar-refractivity contribution in [2.75, 3.05) is 25.2 Å². The van der Waals surface area contributed by atoms with Crippen LogP contribution in [0.2, 0.25) is 0 Å². The molecule has 0 aliphatic carbocycles. The minimum Gasteiger partial charge on any atom is -0.497 e. The molecule has 0 saturated heterocycles. The maximum Gasteiger partial charge on any atom is 0.253 e. The molecule has 0 aliphatic heterocycles. The first kappa shape index (κ1) is 13.7. The molecule has 0 bridgehead atoms. The molecule has 0 radical (unpaired) electrons. The van der Waals surface area contributed by atoms with E-state index in [4.69, 9.17) is 10.5 Å². The van der Waals surface area contributed by atoms with Gasteiger partial charge in [0.15, 0.2) is 0 Å². The van der Waals surface area contributed by atoms with E-state index in [1.807, 2.05) is 24.3 Å². The zero-order valence-electron chi connectivity index (χ0n) is 11.4. The molecule has 2 aromatic rings. The van der Waals surface area contributed by atoms with Gasteiger partial charge in [0, 0.05) is 18.4 Å². The largest absolute Gasteiger partial charge is 0.497 e. The van der Waals surface area contributed by atoms with E-state index >= 15 is 0 Å². The summed E-state index contributed by atoms with van der Waals surface area (Å²) in [5, 5.41) is 5.79. The highest BCUT2D eigenvalue weighted by Crippen LogP contribution is 2.24. The minimum atomic E-state index is -0.187. The van der Waals surface area contributed by atoms with Gasteiger partial charge in [-0.1, -0.05) is 0 Å². The number of benzene rings is 2. The molecule has 104 valence electrons. The summed E-state index contributed by atoms with van der Waals surface area (Å²) in [6, 6.07) is 12.6. The number of carbonyl (C=O) groups excluding carboxylic acids is 1. The van der Waals surface area contributed by atoms with Crippen LogP contribution in [0.3, 0.4) is 0 Å². The van der Waals surface area contributed by atoms with E-state index in [1.165, 1.54) is 0 Å². The predicted molar refractivity (Wildman–Crippen MR) is 80.5 cm³/mol. The summed E-state index contributed by atoms with van der Waals surface area (Å²) < 4.78 is 5.11. The summed E-state index contributed by atoms with van der Waals surface area (Å²) in [7, 11) is 3.20. The topological polar surface area (TPSA) is 76.4 Å². The average Bonchev–Trinajstić information content (AvgIpc) is 2.49. The molecule has 0 spiro atoms. The van der Waals surface area contributed by atoms with Crippen molar-refractivity contribution < 1.29 is 9.53 Å². The van der Waals surface area contributed by atoms with Crippen molar-refractivity contribution in [3.8, 4) is 5.75 Å². The minimum absolute atomic E-state index is 0.187. The lowest BCUT2D eigenvalue weighted by Gasteiger charge is -2.12. The lowest BCUT2D eigenvalue weighted by atomic mass is 10.1. The maximum absolute atomic E-state index is 11.9. The first-order valence-electron chi connectivity index (χ1n) is 6.16. The third-order valence-electron chi connectivity index (χ3n) is 2.88. The number of hydrogen-bond donors (Lipinski definition) is 3. The number of ether oxygens (including phenoxy) is 1. The molecule has 4 N–H and O–H groups in total. The Labute approximate surface area is 117 Å². The van der Waals surface area contributed by atoms with Gasteiger partial charge in [-0.2, -0.15) is 0 Å². The Morgan fingerprint density at radius 1 is 1.15 bits per heavy atom. The molecular weight excluding hydrogens is 254 g/mol. The molecular formula is C15H17N3O2. The number of nitrogens with one attached hydrogen (secondary N) is 2. The number of carbonyl (C=O) groups is 1. The Bertz CT molecular complexity index is 609. The van der Waals surface area contributed by atoms with E-state index in [0.29, 0.717) is 16.9 Å². The fraction of sp³-hybridized carbons (Fsp3) is 0.133. The standard InChI is InChI=1S/C15H17N3O2/c1-17-15(19)13-9-10(16)3-8-14(13)18-11-4-6-12(20-2)7-5-11/h3-9,18H,16H2,1-2H3,(H,17,19). The predicted octanol–water partition coefficient (Wildman–Crippen LogP) is 2.38.